The van der Waals surface area contributed by atoms with Crippen LogP contribution in [0.1, 0.15) is 136 Å². The van der Waals surface area contributed by atoms with Crippen molar-refractivity contribution >= 4 is 17.8 Å². The van der Waals surface area contributed by atoms with Gasteiger partial charge < -0.3 is 29.3 Å². The molecule has 1 aliphatic heterocycles. The monoisotopic (exact) mass is 733 g/mol. The van der Waals surface area contributed by atoms with Crippen LogP contribution in [0.25, 0.3) is 0 Å². The van der Waals surface area contributed by atoms with Crippen molar-refractivity contribution in [2.45, 2.75) is 132 Å². The average molecular weight is 734 g/mol. The maximum atomic E-state index is 13.6. The number of carbonyl (C=O) groups is 3. The minimum Gasteiger partial charge on any atom is -0.504 e. The normalized spacial score (nSPS) is 14.1. The van der Waals surface area contributed by atoms with E-state index in [1.54, 1.807) is 0 Å². The van der Waals surface area contributed by atoms with Gasteiger partial charge in [0.2, 0.25) is 5.75 Å². The van der Waals surface area contributed by atoms with E-state index in [0.717, 1.165) is 62.5 Å². The topological polar surface area (TPSA) is 123 Å². The van der Waals surface area contributed by atoms with E-state index in [1.165, 1.54) is 40.4 Å². The van der Waals surface area contributed by atoms with Gasteiger partial charge in [0.15, 0.2) is 11.5 Å². The average Bonchev–Trinajstić information content (AvgIpc) is 3.41. The molecule has 0 aromatic heterocycles. The number of ether oxygens (including phenoxy) is 3. The Morgan fingerprint density at radius 2 is 1.23 bits per heavy atom. The number of carbonyl (C=O) groups excluding carboxylic acids is 3. The van der Waals surface area contributed by atoms with Crippen molar-refractivity contribution in [1.29, 1.82) is 0 Å². The fourth-order valence-corrected chi connectivity index (χ4v) is 5.88. The molecule has 1 atom stereocenters. The Bertz CT molecular complexity index is 1600. The molecule has 9 heteroatoms. The molecule has 0 saturated carbocycles. The predicted octanol–water partition coefficient (Wildman–Crippen LogP) is 10.1. The first-order valence-electron chi connectivity index (χ1n) is 18.8. The number of nitrogens with zero attached hydrogens (tertiary/aromatic N) is 1. The fourth-order valence-electron chi connectivity index (χ4n) is 5.88. The van der Waals surface area contributed by atoms with Gasteiger partial charge >= 0.3 is 11.9 Å². The van der Waals surface area contributed by atoms with Gasteiger partial charge in [0.05, 0.1) is 19.2 Å². The fraction of sp³-hybridized carbons (Fsp3) is 0.523. The van der Waals surface area contributed by atoms with Crippen LogP contribution >= 0.6 is 0 Å². The van der Waals surface area contributed by atoms with E-state index < -0.39 is 23.9 Å². The molecule has 0 radical (unpaired) electrons. The van der Waals surface area contributed by atoms with Crippen molar-refractivity contribution in [3.8, 4) is 17.2 Å². The van der Waals surface area contributed by atoms with Crippen molar-refractivity contribution in [1.82, 2.24) is 4.90 Å². The third-order valence-electron chi connectivity index (χ3n) is 9.22. The molecule has 0 saturated heterocycles. The first-order valence-corrected chi connectivity index (χ1v) is 18.8. The van der Waals surface area contributed by atoms with Gasteiger partial charge in [-0.05, 0) is 131 Å². The van der Waals surface area contributed by atoms with Crippen molar-refractivity contribution in [3.63, 3.8) is 0 Å². The highest BCUT2D eigenvalue weighted by Crippen LogP contribution is 2.44. The summed E-state index contributed by atoms with van der Waals surface area (Å²) < 4.78 is 16.2. The maximum Gasteiger partial charge on any atom is 0.329 e. The Morgan fingerprint density at radius 1 is 0.736 bits per heavy atom. The molecule has 1 aromatic carbocycles. The molecule has 1 heterocycles. The number of phenols is 2. The molecule has 9 nitrogen and oxygen atoms in total. The summed E-state index contributed by atoms with van der Waals surface area (Å²) in [6.45, 7) is 16.7. The molecular weight excluding hydrogens is 670 g/mol. The lowest BCUT2D eigenvalue weighted by Gasteiger charge is -2.25. The van der Waals surface area contributed by atoms with Gasteiger partial charge in [0.1, 0.15) is 19.3 Å². The summed E-state index contributed by atoms with van der Waals surface area (Å²) in [7, 11) is 1.26. The Balaban J connectivity index is 2.07. The lowest BCUT2D eigenvalue weighted by atomic mass is 10.1. The second kappa shape index (κ2) is 23.2. The van der Waals surface area contributed by atoms with Crippen molar-refractivity contribution in [2.75, 3.05) is 20.3 Å². The van der Waals surface area contributed by atoms with Gasteiger partial charge in [-0.1, -0.05) is 57.7 Å². The molecule has 292 valence electrons. The van der Waals surface area contributed by atoms with Crippen molar-refractivity contribution in [3.05, 3.63) is 87.1 Å². The second-order valence-corrected chi connectivity index (χ2v) is 14.5. The summed E-state index contributed by atoms with van der Waals surface area (Å²) >= 11 is 0. The van der Waals surface area contributed by atoms with Gasteiger partial charge in [0, 0.05) is 12.0 Å². The molecular formula is C44H63NO8. The highest BCUT2D eigenvalue weighted by atomic mass is 16.5. The zero-order valence-electron chi connectivity index (χ0n) is 33.6. The number of benzene rings is 1. The number of hydrogen-bond acceptors (Lipinski definition) is 8. The summed E-state index contributed by atoms with van der Waals surface area (Å²) in [6.07, 6.45) is 20.1. The number of phenolic OH excluding ortho intramolecular Hbond substituents is 2. The first-order chi connectivity index (χ1) is 25.1. The lowest BCUT2D eigenvalue weighted by molar-refractivity contribution is -0.149. The van der Waals surface area contributed by atoms with Gasteiger partial charge in [0.25, 0.3) is 5.91 Å². The van der Waals surface area contributed by atoms with Crippen LogP contribution in [0.4, 0.5) is 0 Å². The number of esters is 2. The molecule has 2 rings (SSSR count). The zero-order valence-corrected chi connectivity index (χ0v) is 33.6. The van der Waals surface area contributed by atoms with Crippen LogP contribution in [0.2, 0.25) is 0 Å². The third-order valence-corrected chi connectivity index (χ3v) is 9.22. The lowest BCUT2D eigenvalue weighted by Crippen LogP contribution is -2.42. The summed E-state index contributed by atoms with van der Waals surface area (Å²) in [4.78, 5) is 40.3. The van der Waals surface area contributed by atoms with Crippen molar-refractivity contribution in [2.24, 2.45) is 0 Å². The summed E-state index contributed by atoms with van der Waals surface area (Å²) in [5.74, 6) is -2.65. The Labute approximate surface area is 317 Å². The smallest absolute Gasteiger partial charge is 0.329 e. The molecule has 0 unspecified atom stereocenters. The standard InChI is InChI=1S/C44H63NO8/c1-30(2)14-10-16-32(5)18-12-20-34(7)24-26-52-42-39(46)28-36-37(41(42)48)29-45(43(36)49)38(22-23-40(47)51-9)44(50)53-27-25-35(8)21-13-19-33(6)17-11-15-31(3)4/h14-15,18-19,24-25,28,38,46,48H,10-13,16-17,20-23,26-27,29H2,1-9H3/b32-18-,33-19-,34-24+,35-25+/t38-/m0/s1. The van der Waals surface area contributed by atoms with Crippen molar-refractivity contribution < 1.29 is 38.8 Å². The van der Waals surface area contributed by atoms with E-state index in [9.17, 15) is 24.6 Å². The Hall–Kier alpha value is -4.53. The van der Waals surface area contributed by atoms with Gasteiger partial charge in [-0.25, -0.2) is 4.79 Å². The largest absolute Gasteiger partial charge is 0.504 e. The molecule has 0 bridgehead atoms. The van der Waals surface area contributed by atoms with E-state index in [-0.39, 0.29) is 61.0 Å². The van der Waals surface area contributed by atoms with Crippen LogP contribution in [-0.4, -0.2) is 59.3 Å². The number of aromatic hydroxyl groups is 2. The van der Waals surface area contributed by atoms with Gasteiger partial charge in [-0.3, -0.25) is 9.59 Å². The minimum absolute atomic E-state index is 0.0147. The number of hydrogen-bond donors (Lipinski definition) is 2. The van der Waals surface area contributed by atoms with Crippen LogP contribution in [0.15, 0.2) is 76.0 Å². The molecule has 1 aliphatic rings. The molecule has 1 amide bonds. The number of amides is 1. The van der Waals surface area contributed by atoms with E-state index >= 15 is 0 Å². The highest BCUT2D eigenvalue weighted by molar-refractivity contribution is 6.02. The molecule has 53 heavy (non-hydrogen) atoms. The highest BCUT2D eigenvalue weighted by Gasteiger charge is 2.40. The second-order valence-electron chi connectivity index (χ2n) is 14.5. The molecule has 0 spiro atoms. The predicted molar refractivity (Wildman–Crippen MR) is 212 cm³/mol. The Morgan fingerprint density at radius 3 is 1.74 bits per heavy atom. The number of fused-ring (bicyclic) bond motifs is 1. The number of allylic oxidation sites excluding steroid dienone is 10. The molecule has 2 N–H and O–H groups in total. The van der Waals surface area contributed by atoms with E-state index in [4.69, 9.17) is 14.2 Å². The maximum absolute atomic E-state index is 13.6. The van der Waals surface area contributed by atoms with Crippen LogP contribution < -0.4 is 4.74 Å². The van der Waals surface area contributed by atoms with E-state index in [1.807, 2.05) is 26.0 Å². The minimum atomic E-state index is -1.12. The summed E-state index contributed by atoms with van der Waals surface area (Å²) in [6, 6.07) is 0.133. The van der Waals surface area contributed by atoms with Gasteiger partial charge in [-0.2, -0.15) is 0 Å². The Kier molecular flexibility index (Phi) is 19.5. The summed E-state index contributed by atoms with van der Waals surface area (Å²) in [5, 5.41) is 21.9. The summed E-state index contributed by atoms with van der Waals surface area (Å²) in [5.41, 5.74) is 7.80. The zero-order chi connectivity index (χ0) is 39.5. The van der Waals surface area contributed by atoms with E-state index in [0.29, 0.717) is 0 Å². The molecule has 0 aliphatic carbocycles. The van der Waals surface area contributed by atoms with Crippen LogP contribution in [0.3, 0.4) is 0 Å². The SMILES string of the molecule is COC(=O)CC[C@@H](C(=O)OC/C=C(\C)CC/C=C(/C)CCC=C(C)C)N1Cc2c(cc(O)c(OC/C=C(\C)CC/C=C(/C)CCC=C(C)C)c2O)C1=O. The quantitative estimate of drug-likeness (QED) is 0.0892. The van der Waals surface area contributed by atoms with Gasteiger partial charge in [-0.15, -0.1) is 0 Å². The molecule has 0 fully saturated rings. The number of rotatable bonds is 22. The number of methoxy groups -OCH3 is 1. The van der Waals surface area contributed by atoms with Crippen LogP contribution in [0, 0.1) is 0 Å². The molecule has 1 aromatic rings. The van der Waals surface area contributed by atoms with Crippen LogP contribution in [-0.2, 0) is 25.6 Å². The first kappa shape index (κ1) is 44.6. The third kappa shape index (κ3) is 15.9. The van der Waals surface area contributed by atoms with Crippen LogP contribution in [0.5, 0.6) is 17.2 Å². The van der Waals surface area contributed by atoms with E-state index in [2.05, 4.69) is 65.8 Å².